The maximum Gasteiger partial charge on any atom is 0.309 e. The van der Waals surface area contributed by atoms with Crippen LogP contribution in [0.25, 0.3) is 32.3 Å². The fraction of sp³-hybridized carbons (Fsp3) is 0.232. The molecule has 9 nitrogen and oxygen atoms in total. The number of nitro benzene ring substituents is 1. The van der Waals surface area contributed by atoms with Gasteiger partial charge in [0.05, 0.1) is 33.5 Å². The molecule has 10 heteroatoms. The Balaban J connectivity index is 1.25. The van der Waals surface area contributed by atoms with E-state index in [1.165, 1.54) is 0 Å². The normalized spacial score (nSPS) is 21.0. The Morgan fingerprint density at radius 3 is 2.35 bits per heavy atom. The molecule has 0 bridgehead atoms. The number of carboxylic acid groups (broad SMARTS) is 1. The van der Waals surface area contributed by atoms with Crippen LogP contribution in [0.2, 0.25) is 0 Å². The van der Waals surface area contributed by atoms with Crippen LogP contribution in [-0.4, -0.2) is 52.5 Å². The first kappa shape index (κ1) is 44.1. The van der Waals surface area contributed by atoms with Gasteiger partial charge in [0.2, 0.25) is 5.69 Å². The molecule has 3 aliphatic rings. The second-order valence-corrected chi connectivity index (χ2v) is 17.7. The lowest BCUT2D eigenvalue weighted by Crippen LogP contribution is -2.37. The smallest absolute Gasteiger partial charge is 0.309 e. The Kier molecular flexibility index (Phi) is 12.6. The molecule has 6 aromatic carbocycles. The van der Waals surface area contributed by atoms with Gasteiger partial charge in [-0.25, -0.2) is 0 Å². The first-order chi connectivity index (χ1) is 32.2. The SMILES string of the molecule is CC1(C2C=CCCC2)/C(=C/C=C/C=C/C2=[N+](CCC(=O)O)c3c(c4ccccc4c4ccccc34)C2(C/C=C/Cl)Cc2cccc3ccccc23)N(CCOC=O)c2cccc([N+](=O)[O-])c21. The van der Waals surface area contributed by atoms with Gasteiger partial charge in [0.25, 0.3) is 12.2 Å². The van der Waals surface area contributed by atoms with Crippen molar-refractivity contribution in [3.8, 4) is 0 Å². The number of allylic oxidation sites excluding steroid dienone is 9. The van der Waals surface area contributed by atoms with Crippen LogP contribution in [0, 0.1) is 16.0 Å². The molecule has 0 radical (unpaired) electrons. The molecular weight excluding hydrogens is 846 g/mol. The van der Waals surface area contributed by atoms with Crippen molar-refractivity contribution in [2.45, 2.75) is 56.3 Å². The molecule has 9 rings (SSSR count). The summed E-state index contributed by atoms with van der Waals surface area (Å²) in [6.45, 7) is 3.18. The molecule has 0 amide bonds. The Bertz CT molecular complexity index is 3090. The van der Waals surface area contributed by atoms with E-state index in [-0.39, 0.29) is 36.1 Å². The van der Waals surface area contributed by atoms with Crippen molar-refractivity contribution in [2.75, 3.05) is 24.6 Å². The number of aliphatic carboxylic acids is 1. The number of fused-ring (bicyclic) bond motifs is 8. The average molecular weight is 897 g/mol. The summed E-state index contributed by atoms with van der Waals surface area (Å²) in [6.07, 6.45) is 20.3. The molecule has 3 atom stereocenters. The monoisotopic (exact) mass is 896 g/mol. The summed E-state index contributed by atoms with van der Waals surface area (Å²) in [5, 5.41) is 29.5. The van der Waals surface area contributed by atoms with Crippen LogP contribution in [0.3, 0.4) is 0 Å². The molecule has 3 unspecified atom stereocenters. The quantitative estimate of drug-likeness (QED) is 0.0150. The highest BCUT2D eigenvalue weighted by atomic mass is 35.5. The van der Waals surface area contributed by atoms with E-state index < -0.39 is 16.8 Å². The molecule has 0 aromatic heterocycles. The Morgan fingerprint density at radius 2 is 1.62 bits per heavy atom. The van der Waals surface area contributed by atoms with Gasteiger partial charge in [-0.15, -0.1) is 0 Å². The van der Waals surface area contributed by atoms with Crippen molar-refractivity contribution < 1.29 is 28.9 Å². The van der Waals surface area contributed by atoms with Crippen LogP contribution in [0.4, 0.5) is 17.1 Å². The van der Waals surface area contributed by atoms with Crippen molar-refractivity contribution in [1.29, 1.82) is 0 Å². The second-order valence-electron chi connectivity index (χ2n) is 17.5. The van der Waals surface area contributed by atoms with Crippen molar-refractivity contribution in [1.82, 2.24) is 0 Å². The van der Waals surface area contributed by atoms with Crippen LogP contribution in [0.1, 0.15) is 55.7 Å². The van der Waals surface area contributed by atoms with Gasteiger partial charge >= 0.3 is 5.97 Å². The molecule has 0 spiro atoms. The fourth-order valence-electron chi connectivity index (χ4n) is 11.3. The number of carboxylic acids is 1. The minimum Gasteiger partial charge on any atom is -0.481 e. The zero-order valence-electron chi connectivity index (χ0n) is 36.8. The molecule has 0 saturated heterocycles. The van der Waals surface area contributed by atoms with E-state index >= 15 is 0 Å². The molecular formula is C56H51ClN3O6+. The maximum atomic E-state index is 12.7. The minimum atomic E-state index is -0.888. The Morgan fingerprint density at radius 1 is 0.909 bits per heavy atom. The van der Waals surface area contributed by atoms with Crippen molar-refractivity contribution in [2.24, 2.45) is 5.92 Å². The lowest BCUT2D eigenvalue weighted by Gasteiger charge is -2.37. The lowest BCUT2D eigenvalue weighted by atomic mass is 9.67. The summed E-state index contributed by atoms with van der Waals surface area (Å²) >= 11 is 6.48. The number of nitro groups is 1. The number of anilines is 1. The second kappa shape index (κ2) is 18.8. The van der Waals surface area contributed by atoms with Gasteiger partial charge in [-0.1, -0.05) is 139 Å². The lowest BCUT2D eigenvalue weighted by molar-refractivity contribution is -0.435. The zero-order chi connectivity index (χ0) is 45.8. The van der Waals surface area contributed by atoms with Crippen LogP contribution >= 0.6 is 11.6 Å². The van der Waals surface area contributed by atoms with Gasteiger partial charge in [-0.3, -0.25) is 19.7 Å². The number of carbonyl (C=O) groups is 2. The zero-order valence-corrected chi connectivity index (χ0v) is 37.6. The van der Waals surface area contributed by atoms with E-state index in [0.717, 1.165) is 85.5 Å². The molecule has 0 fully saturated rings. The van der Waals surface area contributed by atoms with Crippen molar-refractivity contribution in [3.63, 3.8) is 0 Å². The maximum absolute atomic E-state index is 12.7. The highest BCUT2D eigenvalue weighted by Crippen LogP contribution is 2.57. The van der Waals surface area contributed by atoms with Crippen LogP contribution in [0.15, 0.2) is 169 Å². The predicted octanol–water partition coefficient (Wildman–Crippen LogP) is 12.6. The Labute approximate surface area is 389 Å². The van der Waals surface area contributed by atoms with E-state index in [1.807, 2.05) is 48.6 Å². The summed E-state index contributed by atoms with van der Waals surface area (Å²) < 4.78 is 7.43. The first-order valence-corrected chi connectivity index (χ1v) is 23.0. The minimum absolute atomic E-state index is 0.0112. The van der Waals surface area contributed by atoms with Crippen LogP contribution in [-0.2, 0) is 31.6 Å². The highest BCUT2D eigenvalue weighted by Gasteiger charge is 2.54. The third-order valence-corrected chi connectivity index (χ3v) is 14.2. The number of carbonyl (C=O) groups excluding carboxylic acids is 1. The van der Waals surface area contributed by atoms with Crippen LogP contribution in [0.5, 0.6) is 0 Å². The van der Waals surface area contributed by atoms with Gasteiger partial charge in [0.15, 0.2) is 12.3 Å². The van der Waals surface area contributed by atoms with Gasteiger partial charge in [-0.05, 0) is 95.6 Å². The van der Waals surface area contributed by atoms with Gasteiger partial charge in [0, 0.05) is 34.4 Å². The molecule has 1 aliphatic carbocycles. The largest absolute Gasteiger partial charge is 0.481 e. The van der Waals surface area contributed by atoms with Gasteiger partial charge < -0.3 is 14.7 Å². The average Bonchev–Trinajstić information content (AvgIpc) is 3.75. The summed E-state index contributed by atoms with van der Waals surface area (Å²) in [5.41, 5.74) is 6.68. The number of hydrogen-bond donors (Lipinski definition) is 1. The number of ether oxygens (including phenoxy) is 1. The van der Waals surface area contributed by atoms with E-state index in [9.17, 15) is 24.8 Å². The molecule has 1 N–H and O–H groups in total. The van der Waals surface area contributed by atoms with E-state index in [4.69, 9.17) is 16.3 Å². The molecule has 332 valence electrons. The molecule has 2 aliphatic heterocycles. The van der Waals surface area contributed by atoms with Crippen molar-refractivity contribution in [3.05, 3.63) is 196 Å². The topological polar surface area (TPSA) is 113 Å². The highest BCUT2D eigenvalue weighted by molar-refractivity contribution is 6.25. The third-order valence-electron chi connectivity index (χ3n) is 14.0. The summed E-state index contributed by atoms with van der Waals surface area (Å²) in [4.78, 5) is 38.2. The van der Waals surface area contributed by atoms with Crippen LogP contribution < -0.4 is 4.90 Å². The molecule has 2 heterocycles. The molecule has 0 saturated carbocycles. The van der Waals surface area contributed by atoms with Gasteiger partial charge in [0.1, 0.15) is 13.0 Å². The Hall–Kier alpha value is -7.10. The number of rotatable bonds is 16. The number of hydrogen-bond acceptors (Lipinski definition) is 6. The fourth-order valence-corrected chi connectivity index (χ4v) is 11.3. The molecule has 6 aromatic rings. The third kappa shape index (κ3) is 7.71. The van der Waals surface area contributed by atoms with E-state index in [2.05, 4.69) is 113 Å². The van der Waals surface area contributed by atoms with Gasteiger partial charge in [-0.2, -0.15) is 4.58 Å². The standard InChI is InChI=1S/C56H50ClN3O6/c1-55(41-20-4-2-5-21-41)49(58(35-36-66-38-61)47-27-15-28-48(53(47)55)60(64)65)29-6-3-7-30-50-56(32-16-33-57,37-40-19-14-18-39-17-8-9-22-42(39)40)52-45-25-12-10-23-43(45)44-24-11-13-26-46(44)54(52)59(50)34-31-51(62)63/h3-4,6-20,22-30,33,38,41H,2,5,21,31-32,34-37H2,1H3/p+1/b33-16+. The number of nitrogens with zero attached hydrogens (tertiary/aromatic N) is 3. The van der Waals surface area contributed by atoms with E-state index in [0.29, 0.717) is 31.4 Å². The summed E-state index contributed by atoms with van der Waals surface area (Å²) in [5.74, 6) is -0.900. The van der Waals surface area contributed by atoms with Crippen molar-refractivity contribution >= 4 is 79.1 Å². The number of halogens is 1. The summed E-state index contributed by atoms with van der Waals surface area (Å²) in [7, 11) is 0. The first-order valence-electron chi connectivity index (χ1n) is 22.6. The van der Waals surface area contributed by atoms with E-state index in [1.54, 1.807) is 17.7 Å². The summed E-state index contributed by atoms with van der Waals surface area (Å²) in [6, 6.07) is 36.9. The molecule has 66 heavy (non-hydrogen) atoms. The predicted molar refractivity (Wildman–Crippen MR) is 265 cm³/mol. The number of benzene rings is 6.